The topological polar surface area (TPSA) is 111 Å². The van der Waals surface area contributed by atoms with Gasteiger partial charge >= 0.3 is 5.69 Å². The van der Waals surface area contributed by atoms with Gasteiger partial charge < -0.3 is 4.57 Å². The molecule has 4 N–H and O–H groups in total. The largest absolute Gasteiger partial charge is 0.330 e. The number of nitrogens with two attached hydrogens (primary N) is 1. The second-order valence-corrected chi connectivity index (χ2v) is 4.22. The first-order valence-electron chi connectivity index (χ1n) is 5.72. The Morgan fingerprint density at radius 3 is 2.61 bits per heavy atom. The summed E-state index contributed by atoms with van der Waals surface area (Å²) in [6, 6.07) is -0.109. The van der Waals surface area contributed by atoms with Gasteiger partial charge in [0.15, 0.2) is 11.2 Å². The van der Waals surface area contributed by atoms with Crippen LogP contribution in [0.5, 0.6) is 0 Å². The highest BCUT2D eigenvalue weighted by molar-refractivity contribution is 5.74. The Labute approximate surface area is 102 Å². The maximum atomic E-state index is 11.9. The zero-order valence-corrected chi connectivity index (χ0v) is 10.5. The summed E-state index contributed by atoms with van der Waals surface area (Å²) in [6.07, 6.45) is 0. The number of anilines is 1. The first kappa shape index (κ1) is 12.4. The molecule has 0 aliphatic carbocycles. The van der Waals surface area contributed by atoms with E-state index in [2.05, 4.69) is 15.4 Å². The number of nitrogen functional groups attached to an aromatic ring is 1. The number of rotatable bonds is 3. The maximum absolute atomic E-state index is 11.9. The molecular weight excluding hydrogens is 236 g/mol. The first-order chi connectivity index (χ1) is 8.51. The van der Waals surface area contributed by atoms with E-state index in [-0.39, 0.29) is 6.04 Å². The molecule has 0 spiro atoms. The van der Waals surface area contributed by atoms with Crippen LogP contribution in [0.4, 0.5) is 5.95 Å². The zero-order chi connectivity index (χ0) is 13.4. The summed E-state index contributed by atoms with van der Waals surface area (Å²) in [4.78, 5) is 30.2. The van der Waals surface area contributed by atoms with Crippen molar-refractivity contribution in [1.82, 2.24) is 19.1 Å². The number of aromatic nitrogens is 4. The number of nitrogens with one attached hydrogen (secondary N) is 2. The number of hydrogen-bond donors (Lipinski definition) is 3. The van der Waals surface area contributed by atoms with Crippen molar-refractivity contribution in [3.63, 3.8) is 0 Å². The lowest BCUT2D eigenvalue weighted by atomic mass is 10.3. The summed E-state index contributed by atoms with van der Waals surface area (Å²) >= 11 is 0. The lowest BCUT2D eigenvalue weighted by Gasteiger charge is -2.09. The van der Waals surface area contributed by atoms with Crippen molar-refractivity contribution in [2.45, 2.75) is 33.4 Å². The number of aryl methyl sites for hydroxylation is 1. The highest BCUT2D eigenvalue weighted by Gasteiger charge is 2.18. The Morgan fingerprint density at radius 2 is 2.11 bits per heavy atom. The van der Waals surface area contributed by atoms with Gasteiger partial charge in [0, 0.05) is 12.6 Å². The smallest absolute Gasteiger partial charge is 0.304 e. The quantitative estimate of drug-likeness (QED) is 0.516. The summed E-state index contributed by atoms with van der Waals surface area (Å²) < 4.78 is 3.07. The minimum Gasteiger partial charge on any atom is -0.304 e. The van der Waals surface area contributed by atoms with Crippen molar-refractivity contribution in [3.8, 4) is 0 Å². The van der Waals surface area contributed by atoms with E-state index in [0.717, 1.165) is 0 Å². The third kappa shape index (κ3) is 1.61. The van der Waals surface area contributed by atoms with Crippen LogP contribution >= 0.6 is 0 Å². The van der Waals surface area contributed by atoms with E-state index in [0.29, 0.717) is 23.7 Å². The first-order valence-corrected chi connectivity index (χ1v) is 5.72. The van der Waals surface area contributed by atoms with E-state index >= 15 is 0 Å². The summed E-state index contributed by atoms with van der Waals surface area (Å²) in [5, 5.41) is 0. The Kier molecular flexibility index (Phi) is 2.95. The summed E-state index contributed by atoms with van der Waals surface area (Å²) in [5.41, 5.74) is 2.20. The van der Waals surface area contributed by atoms with Crippen LogP contribution in [0.15, 0.2) is 9.59 Å². The minimum atomic E-state index is -0.466. The van der Waals surface area contributed by atoms with Gasteiger partial charge in [-0.05, 0) is 20.8 Å². The van der Waals surface area contributed by atoms with Crippen molar-refractivity contribution >= 4 is 17.1 Å². The molecule has 0 amide bonds. The molecule has 2 aromatic rings. The molecule has 0 atom stereocenters. The lowest BCUT2D eigenvalue weighted by Crippen LogP contribution is -2.32. The van der Waals surface area contributed by atoms with E-state index in [1.54, 1.807) is 4.57 Å². The van der Waals surface area contributed by atoms with Crippen LogP contribution in [0.3, 0.4) is 0 Å². The van der Waals surface area contributed by atoms with Gasteiger partial charge in [0.2, 0.25) is 5.95 Å². The third-order valence-electron chi connectivity index (χ3n) is 2.79. The van der Waals surface area contributed by atoms with Crippen LogP contribution < -0.4 is 22.5 Å². The molecule has 18 heavy (non-hydrogen) atoms. The molecule has 2 heterocycles. The van der Waals surface area contributed by atoms with E-state index < -0.39 is 11.2 Å². The molecule has 0 fully saturated rings. The van der Waals surface area contributed by atoms with Crippen LogP contribution in [0.1, 0.15) is 26.8 Å². The second kappa shape index (κ2) is 4.30. The van der Waals surface area contributed by atoms with E-state index in [1.807, 2.05) is 20.8 Å². The molecule has 0 aliphatic heterocycles. The summed E-state index contributed by atoms with van der Waals surface area (Å²) in [5.74, 6) is 5.73. The van der Waals surface area contributed by atoms with Crippen LogP contribution in [0.2, 0.25) is 0 Å². The van der Waals surface area contributed by atoms with Crippen molar-refractivity contribution in [2.75, 3.05) is 5.43 Å². The highest BCUT2D eigenvalue weighted by atomic mass is 16.2. The number of H-pyrrole nitrogens is 1. The van der Waals surface area contributed by atoms with E-state index in [9.17, 15) is 9.59 Å². The van der Waals surface area contributed by atoms with Crippen molar-refractivity contribution in [2.24, 2.45) is 5.84 Å². The molecule has 0 saturated carbocycles. The molecular formula is C10H16N6O2. The average Bonchev–Trinajstić information content (AvgIpc) is 2.66. The highest BCUT2D eigenvalue weighted by Crippen LogP contribution is 2.16. The zero-order valence-electron chi connectivity index (χ0n) is 10.5. The molecule has 98 valence electrons. The Bertz CT molecular complexity index is 693. The Morgan fingerprint density at radius 1 is 1.44 bits per heavy atom. The molecule has 0 unspecified atom stereocenters. The van der Waals surface area contributed by atoms with E-state index in [1.165, 1.54) is 4.57 Å². The Hall–Kier alpha value is -2.09. The number of hydrogen-bond acceptors (Lipinski definition) is 5. The molecule has 2 aromatic heterocycles. The monoisotopic (exact) mass is 252 g/mol. The number of imidazole rings is 1. The van der Waals surface area contributed by atoms with Gasteiger partial charge in [0.25, 0.3) is 5.56 Å². The van der Waals surface area contributed by atoms with Gasteiger partial charge in [0.05, 0.1) is 0 Å². The number of fused-ring (bicyclic) bond motifs is 1. The molecule has 0 aliphatic rings. The maximum Gasteiger partial charge on any atom is 0.330 e. The van der Waals surface area contributed by atoms with Crippen LogP contribution in [-0.4, -0.2) is 19.1 Å². The van der Waals surface area contributed by atoms with Crippen LogP contribution in [-0.2, 0) is 6.54 Å². The molecule has 8 heteroatoms. The van der Waals surface area contributed by atoms with Crippen molar-refractivity contribution in [3.05, 3.63) is 20.8 Å². The Balaban J connectivity index is 3.01. The summed E-state index contributed by atoms with van der Waals surface area (Å²) in [7, 11) is 0. The predicted octanol–water partition coefficient (Wildman–Crippen LogP) is -0.227. The number of aromatic amines is 1. The molecule has 8 nitrogen and oxygen atoms in total. The van der Waals surface area contributed by atoms with Crippen molar-refractivity contribution in [1.29, 1.82) is 0 Å². The minimum absolute atomic E-state index is 0.109. The van der Waals surface area contributed by atoms with Crippen molar-refractivity contribution < 1.29 is 0 Å². The van der Waals surface area contributed by atoms with Gasteiger partial charge in [-0.1, -0.05) is 0 Å². The molecule has 0 aromatic carbocycles. The van der Waals surface area contributed by atoms with Gasteiger partial charge in [0.1, 0.15) is 0 Å². The van der Waals surface area contributed by atoms with Crippen LogP contribution in [0.25, 0.3) is 11.2 Å². The molecule has 2 rings (SSSR count). The van der Waals surface area contributed by atoms with Gasteiger partial charge in [-0.25, -0.2) is 10.6 Å². The standard InChI is InChI=1S/C10H16N6O2/c1-4-15-6-7(12-9(15)14-11)16(5(2)3)10(18)13-8(6)17/h5H,4,11H2,1-3H3,(H,12,14)(H,13,17,18). The fraction of sp³-hybridized carbons (Fsp3) is 0.500. The fourth-order valence-electron chi connectivity index (χ4n) is 2.04. The predicted molar refractivity (Wildman–Crippen MR) is 68.5 cm³/mol. The lowest BCUT2D eigenvalue weighted by molar-refractivity contribution is 0.580. The third-order valence-corrected chi connectivity index (χ3v) is 2.79. The number of hydrazine groups is 1. The second-order valence-electron chi connectivity index (χ2n) is 4.22. The SMILES string of the molecule is CCn1c(NN)nc2c1c(=O)[nH]c(=O)n2C(C)C. The normalized spacial score (nSPS) is 11.4. The van der Waals surface area contributed by atoms with Gasteiger partial charge in [-0.15, -0.1) is 0 Å². The molecule has 0 saturated heterocycles. The van der Waals surface area contributed by atoms with E-state index in [4.69, 9.17) is 5.84 Å². The van der Waals surface area contributed by atoms with Gasteiger partial charge in [-0.3, -0.25) is 19.8 Å². The molecule has 0 radical (unpaired) electrons. The fourth-order valence-corrected chi connectivity index (χ4v) is 2.04. The van der Waals surface area contributed by atoms with Gasteiger partial charge in [-0.2, -0.15) is 4.98 Å². The number of nitrogens with zero attached hydrogens (tertiary/aromatic N) is 3. The molecule has 0 bridgehead atoms. The summed E-state index contributed by atoms with van der Waals surface area (Å²) in [6.45, 7) is 6.08. The average molecular weight is 252 g/mol. The van der Waals surface area contributed by atoms with Crippen LogP contribution in [0, 0.1) is 0 Å².